The van der Waals surface area contributed by atoms with E-state index < -0.39 is 0 Å². The Kier molecular flexibility index (Phi) is 6.24. The average Bonchev–Trinajstić information content (AvgIpc) is 2.60. The Morgan fingerprint density at radius 1 is 1.13 bits per heavy atom. The van der Waals surface area contributed by atoms with Crippen LogP contribution in [0.1, 0.15) is 23.2 Å². The largest absolute Gasteiger partial charge is 0.497 e. The molecule has 2 N–H and O–H groups in total. The summed E-state index contributed by atoms with van der Waals surface area (Å²) in [6.07, 6.45) is 1.98. The fraction of sp³-hybridized carbons (Fsp3) is 0.588. The molecule has 1 amide bonds. The van der Waals surface area contributed by atoms with Crippen LogP contribution in [-0.4, -0.2) is 53.5 Å². The summed E-state index contributed by atoms with van der Waals surface area (Å²) in [7, 11) is 4.84. The lowest BCUT2D eigenvalue weighted by molar-refractivity contribution is 0.0511. The Balaban J connectivity index is 2.05. The lowest BCUT2D eigenvalue weighted by Crippen LogP contribution is -2.47. The van der Waals surface area contributed by atoms with Crippen LogP contribution in [0.5, 0.6) is 11.5 Å². The first-order chi connectivity index (χ1) is 11.1. The summed E-state index contributed by atoms with van der Waals surface area (Å²) in [5, 5.41) is 6.39. The topological polar surface area (TPSA) is 68.8 Å². The van der Waals surface area contributed by atoms with E-state index in [9.17, 15) is 4.79 Å². The zero-order chi connectivity index (χ0) is 16.7. The highest BCUT2D eigenvalue weighted by atomic mass is 16.5. The molecule has 0 spiro atoms. The van der Waals surface area contributed by atoms with Gasteiger partial charge in [-0.15, -0.1) is 0 Å². The molecule has 6 nitrogen and oxygen atoms in total. The van der Waals surface area contributed by atoms with E-state index >= 15 is 0 Å². The summed E-state index contributed by atoms with van der Waals surface area (Å²) in [6, 6.07) is 5.17. The van der Waals surface area contributed by atoms with Gasteiger partial charge in [0, 0.05) is 30.7 Å². The first-order valence-corrected chi connectivity index (χ1v) is 7.83. The van der Waals surface area contributed by atoms with Crippen molar-refractivity contribution in [3.05, 3.63) is 23.8 Å². The van der Waals surface area contributed by atoms with Crippen LogP contribution in [0.3, 0.4) is 0 Å². The van der Waals surface area contributed by atoms with Crippen molar-refractivity contribution in [3.63, 3.8) is 0 Å². The number of ether oxygens (including phenoxy) is 3. The van der Waals surface area contributed by atoms with Crippen LogP contribution in [-0.2, 0) is 4.74 Å². The Bertz CT molecular complexity index is 500. The molecule has 1 aliphatic heterocycles. The van der Waals surface area contributed by atoms with Gasteiger partial charge in [0.25, 0.3) is 5.91 Å². The highest BCUT2D eigenvalue weighted by molar-refractivity contribution is 5.95. The smallest absolute Gasteiger partial charge is 0.251 e. The number of methoxy groups -OCH3 is 3. The van der Waals surface area contributed by atoms with E-state index in [0.29, 0.717) is 30.2 Å². The third-order valence-electron chi connectivity index (χ3n) is 4.35. The van der Waals surface area contributed by atoms with Crippen molar-refractivity contribution in [1.82, 2.24) is 10.6 Å². The molecular weight excluding hydrogens is 296 g/mol. The Hall–Kier alpha value is -1.79. The zero-order valence-corrected chi connectivity index (χ0v) is 14.1. The number of nitrogens with one attached hydrogen (secondary N) is 2. The van der Waals surface area contributed by atoms with Gasteiger partial charge in [-0.2, -0.15) is 0 Å². The average molecular weight is 322 g/mol. The molecule has 23 heavy (non-hydrogen) atoms. The predicted octanol–water partition coefficient (Wildman–Crippen LogP) is 1.45. The molecule has 0 atom stereocenters. The lowest BCUT2D eigenvalue weighted by Gasteiger charge is -2.37. The second-order valence-electron chi connectivity index (χ2n) is 5.97. The molecule has 6 heteroatoms. The van der Waals surface area contributed by atoms with Gasteiger partial charge in [-0.3, -0.25) is 4.79 Å². The summed E-state index contributed by atoms with van der Waals surface area (Å²) in [4.78, 5) is 12.5. The molecule has 0 unspecified atom stereocenters. The first-order valence-electron chi connectivity index (χ1n) is 7.83. The number of benzene rings is 1. The van der Waals surface area contributed by atoms with Crippen LogP contribution >= 0.6 is 0 Å². The third-order valence-corrected chi connectivity index (χ3v) is 4.35. The van der Waals surface area contributed by atoms with Gasteiger partial charge < -0.3 is 24.8 Å². The molecule has 128 valence electrons. The summed E-state index contributed by atoms with van der Waals surface area (Å²) < 4.78 is 15.8. The van der Waals surface area contributed by atoms with E-state index in [0.717, 1.165) is 25.9 Å². The normalized spacial score (nSPS) is 16.7. The van der Waals surface area contributed by atoms with E-state index in [2.05, 4.69) is 10.6 Å². The maximum atomic E-state index is 12.5. The number of rotatable bonds is 7. The van der Waals surface area contributed by atoms with Gasteiger partial charge in [0.15, 0.2) is 0 Å². The Morgan fingerprint density at radius 3 is 2.26 bits per heavy atom. The highest BCUT2D eigenvalue weighted by Crippen LogP contribution is 2.28. The van der Waals surface area contributed by atoms with E-state index in [4.69, 9.17) is 14.2 Å². The summed E-state index contributed by atoms with van der Waals surface area (Å²) >= 11 is 0. The summed E-state index contributed by atoms with van der Waals surface area (Å²) in [5.74, 6) is 1.07. The lowest BCUT2D eigenvalue weighted by atomic mass is 9.79. The summed E-state index contributed by atoms with van der Waals surface area (Å²) in [6.45, 7) is 3.15. The van der Waals surface area contributed by atoms with Crippen molar-refractivity contribution in [2.45, 2.75) is 12.8 Å². The number of hydrogen-bond acceptors (Lipinski definition) is 5. The Morgan fingerprint density at radius 2 is 1.74 bits per heavy atom. The molecule has 0 radical (unpaired) electrons. The summed E-state index contributed by atoms with van der Waals surface area (Å²) in [5.41, 5.74) is 0.529. The van der Waals surface area contributed by atoms with Crippen molar-refractivity contribution in [2.75, 3.05) is 47.6 Å². The monoisotopic (exact) mass is 322 g/mol. The SMILES string of the molecule is COCC1(CNC(=O)c2cc(OC)cc(OC)c2)CCNCC1. The highest BCUT2D eigenvalue weighted by Gasteiger charge is 2.32. The van der Waals surface area contributed by atoms with E-state index in [1.165, 1.54) is 0 Å². The molecule has 0 saturated carbocycles. The molecule has 0 aliphatic carbocycles. The molecule has 0 aromatic heterocycles. The molecule has 2 rings (SSSR count). The standard InChI is InChI=1S/C17H26N2O4/c1-21-12-17(4-6-18-7-5-17)11-19-16(20)13-8-14(22-2)10-15(9-13)23-3/h8-10,18H,4-7,11-12H2,1-3H3,(H,19,20). The van der Waals surface area contributed by atoms with Crippen LogP contribution in [0, 0.1) is 5.41 Å². The van der Waals surface area contributed by atoms with Crippen LogP contribution in [0.25, 0.3) is 0 Å². The van der Waals surface area contributed by atoms with Crippen LogP contribution in [0.4, 0.5) is 0 Å². The van der Waals surface area contributed by atoms with Crippen molar-refractivity contribution >= 4 is 5.91 Å². The molecule has 1 aliphatic rings. The predicted molar refractivity (Wildman–Crippen MR) is 88.3 cm³/mol. The second kappa shape index (κ2) is 8.17. The fourth-order valence-corrected chi connectivity index (χ4v) is 2.94. The molecule has 1 saturated heterocycles. The quantitative estimate of drug-likeness (QED) is 0.795. The fourth-order valence-electron chi connectivity index (χ4n) is 2.94. The van der Waals surface area contributed by atoms with Gasteiger partial charge in [-0.05, 0) is 38.1 Å². The number of amides is 1. The van der Waals surface area contributed by atoms with Gasteiger partial charge >= 0.3 is 0 Å². The first kappa shape index (κ1) is 17.6. The van der Waals surface area contributed by atoms with Gasteiger partial charge in [0.05, 0.1) is 20.8 Å². The van der Waals surface area contributed by atoms with Crippen molar-refractivity contribution in [2.24, 2.45) is 5.41 Å². The van der Waals surface area contributed by atoms with Crippen molar-refractivity contribution in [1.29, 1.82) is 0 Å². The second-order valence-corrected chi connectivity index (χ2v) is 5.97. The minimum Gasteiger partial charge on any atom is -0.497 e. The molecular formula is C17H26N2O4. The number of hydrogen-bond donors (Lipinski definition) is 2. The maximum Gasteiger partial charge on any atom is 0.251 e. The minimum atomic E-state index is -0.129. The Labute approximate surface area is 137 Å². The van der Waals surface area contributed by atoms with E-state index in [1.807, 2.05) is 0 Å². The molecule has 1 aromatic rings. The van der Waals surface area contributed by atoms with Crippen LogP contribution in [0.15, 0.2) is 18.2 Å². The van der Waals surface area contributed by atoms with Gasteiger partial charge in [-0.25, -0.2) is 0 Å². The van der Waals surface area contributed by atoms with Gasteiger partial charge in [-0.1, -0.05) is 0 Å². The number of carbonyl (C=O) groups excluding carboxylic acids is 1. The number of piperidine rings is 1. The third kappa shape index (κ3) is 4.59. The van der Waals surface area contributed by atoms with Crippen molar-refractivity contribution < 1.29 is 19.0 Å². The molecule has 1 fully saturated rings. The minimum absolute atomic E-state index is 0.00138. The van der Waals surface area contributed by atoms with Gasteiger partial charge in [0.1, 0.15) is 11.5 Å². The molecule has 1 heterocycles. The van der Waals surface area contributed by atoms with E-state index in [-0.39, 0.29) is 11.3 Å². The molecule has 0 bridgehead atoms. The van der Waals surface area contributed by atoms with E-state index in [1.54, 1.807) is 39.5 Å². The molecule has 1 aromatic carbocycles. The van der Waals surface area contributed by atoms with Crippen LogP contribution in [0.2, 0.25) is 0 Å². The van der Waals surface area contributed by atoms with Crippen molar-refractivity contribution in [3.8, 4) is 11.5 Å². The maximum absolute atomic E-state index is 12.5. The zero-order valence-electron chi connectivity index (χ0n) is 14.1. The van der Waals surface area contributed by atoms with Crippen LogP contribution < -0.4 is 20.1 Å². The number of carbonyl (C=O) groups is 1. The van der Waals surface area contributed by atoms with Gasteiger partial charge in [0.2, 0.25) is 0 Å².